The largest absolute Gasteiger partial charge is 0.464 e. The molecule has 0 bridgehead atoms. The van der Waals surface area contributed by atoms with Crippen LogP contribution in [-0.4, -0.2) is 24.6 Å². The van der Waals surface area contributed by atoms with E-state index >= 15 is 0 Å². The number of rotatable bonds is 15. The first-order valence-corrected chi connectivity index (χ1v) is 13.3. The van der Waals surface area contributed by atoms with Crippen LogP contribution in [0.3, 0.4) is 0 Å². The molecule has 184 valence electrons. The molecule has 7 heteroatoms. The Balaban J connectivity index is 1.50. The third kappa shape index (κ3) is 9.11. The summed E-state index contributed by atoms with van der Waals surface area (Å²) in [6, 6.07) is 19.3. The molecule has 0 saturated heterocycles. The molecule has 2 aromatic carbocycles. The van der Waals surface area contributed by atoms with Gasteiger partial charge in [-0.2, -0.15) is 0 Å². The summed E-state index contributed by atoms with van der Waals surface area (Å²) < 4.78 is 21.0. The van der Waals surface area contributed by atoms with Crippen LogP contribution in [0.4, 0.5) is 5.69 Å². The van der Waals surface area contributed by atoms with Crippen LogP contribution < -0.4 is 10.6 Å². The summed E-state index contributed by atoms with van der Waals surface area (Å²) >= 11 is 0. The average molecular weight is 485 g/mol. The molecule has 0 saturated carbocycles. The minimum Gasteiger partial charge on any atom is -0.464 e. The molecule has 0 aliphatic heterocycles. The first-order valence-electron chi connectivity index (χ1n) is 12.1. The average Bonchev–Trinajstić information content (AvgIpc) is 3.35. The van der Waals surface area contributed by atoms with Gasteiger partial charge in [0.25, 0.3) is 0 Å². The van der Waals surface area contributed by atoms with Crippen molar-refractivity contribution in [2.75, 3.05) is 25.0 Å². The Morgan fingerprint density at radius 1 is 1.00 bits per heavy atom. The van der Waals surface area contributed by atoms with Crippen molar-refractivity contribution in [2.45, 2.75) is 46.1 Å². The Morgan fingerprint density at radius 2 is 1.76 bits per heavy atom. The van der Waals surface area contributed by atoms with E-state index in [1.54, 1.807) is 6.26 Å². The van der Waals surface area contributed by atoms with Gasteiger partial charge in [-0.1, -0.05) is 44.2 Å². The molecule has 34 heavy (non-hydrogen) atoms. The van der Waals surface area contributed by atoms with E-state index in [0.29, 0.717) is 25.4 Å². The van der Waals surface area contributed by atoms with Gasteiger partial charge in [-0.3, -0.25) is 4.57 Å². The zero-order valence-electron chi connectivity index (χ0n) is 20.2. The molecule has 0 radical (unpaired) electrons. The first kappa shape index (κ1) is 26.2. The lowest BCUT2D eigenvalue weighted by atomic mass is 10.0. The van der Waals surface area contributed by atoms with Crippen LogP contribution in [0.25, 0.3) is 11.3 Å². The molecule has 1 heterocycles. The van der Waals surface area contributed by atoms with Gasteiger partial charge >= 0.3 is 8.25 Å². The lowest BCUT2D eigenvalue weighted by molar-refractivity contribution is 0.276. The Bertz CT molecular complexity index is 1000. The van der Waals surface area contributed by atoms with Gasteiger partial charge in [0, 0.05) is 24.3 Å². The highest BCUT2D eigenvalue weighted by molar-refractivity contribution is 7.32. The van der Waals surface area contributed by atoms with E-state index in [-0.39, 0.29) is 6.61 Å². The number of anilines is 1. The molecular formula is C27H37N2O4P. The summed E-state index contributed by atoms with van der Waals surface area (Å²) in [5.41, 5.74) is 6.04. The molecular weight excluding hydrogens is 447 g/mol. The zero-order valence-corrected chi connectivity index (χ0v) is 21.2. The van der Waals surface area contributed by atoms with Crippen molar-refractivity contribution in [3.63, 3.8) is 0 Å². The van der Waals surface area contributed by atoms with Crippen LogP contribution in [0.5, 0.6) is 0 Å². The topological polar surface area (TPSA) is 83.7 Å². The quantitative estimate of drug-likeness (QED) is 0.179. The van der Waals surface area contributed by atoms with Crippen LogP contribution >= 0.6 is 8.25 Å². The number of aryl methyl sites for hydroxylation is 1. The number of hydrogen-bond acceptors (Lipinski definition) is 5. The van der Waals surface area contributed by atoms with Crippen LogP contribution in [0.15, 0.2) is 65.3 Å². The lowest BCUT2D eigenvalue weighted by Crippen LogP contribution is -2.16. The molecule has 1 aromatic heterocycles. The van der Waals surface area contributed by atoms with Crippen molar-refractivity contribution in [1.29, 1.82) is 0 Å². The molecule has 3 N–H and O–H groups in total. The van der Waals surface area contributed by atoms with E-state index in [0.717, 1.165) is 48.4 Å². The van der Waals surface area contributed by atoms with E-state index in [1.165, 1.54) is 11.1 Å². The second-order valence-electron chi connectivity index (χ2n) is 8.95. The minimum absolute atomic E-state index is 0.282. The molecule has 0 amide bonds. The SMILES string of the molecule is CC(C)Cc1ccc(CCCNc2ccc(CNCCCO[PH](=O)O)cc2-c2ccco2)cc1. The van der Waals surface area contributed by atoms with Gasteiger partial charge in [0.15, 0.2) is 0 Å². The van der Waals surface area contributed by atoms with Gasteiger partial charge in [0.1, 0.15) is 5.76 Å². The highest BCUT2D eigenvalue weighted by Crippen LogP contribution is 2.30. The van der Waals surface area contributed by atoms with Gasteiger partial charge in [0.2, 0.25) is 0 Å². The van der Waals surface area contributed by atoms with E-state index in [2.05, 4.69) is 66.9 Å². The molecule has 1 atom stereocenters. The summed E-state index contributed by atoms with van der Waals surface area (Å²) in [5, 5.41) is 6.93. The zero-order chi connectivity index (χ0) is 24.2. The first-order chi connectivity index (χ1) is 16.5. The van der Waals surface area contributed by atoms with Crippen molar-refractivity contribution < 1.29 is 18.4 Å². The molecule has 0 fully saturated rings. The summed E-state index contributed by atoms with van der Waals surface area (Å²) in [7, 11) is -2.83. The van der Waals surface area contributed by atoms with Gasteiger partial charge in [0.05, 0.1) is 12.9 Å². The lowest BCUT2D eigenvalue weighted by Gasteiger charge is -2.13. The highest BCUT2D eigenvalue weighted by Gasteiger charge is 2.09. The summed E-state index contributed by atoms with van der Waals surface area (Å²) in [5.74, 6) is 1.52. The molecule has 3 rings (SSSR count). The fourth-order valence-electron chi connectivity index (χ4n) is 3.91. The van der Waals surface area contributed by atoms with E-state index in [4.69, 9.17) is 13.8 Å². The smallest absolute Gasteiger partial charge is 0.316 e. The molecule has 1 unspecified atom stereocenters. The van der Waals surface area contributed by atoms with Crippen molar-refractivity contribution in [1.82, 2.24) is 5.32 Å². The molecule has 0 spiro atoms. The fourth-order valence-corrected chi connectivity index (χ4v) is 4.23. The second-order valence-corrected chi connectivity index (χ2v) is 9.77. The van der Waals surface area contributed by atoms with Gasteiger partial charge in [-0.15, -0.1) is 0 Å². The van der Waals surface area contributed by atoms with Crippen LogP contribution in [0, 0.1) is 5.92 Å². The van der Waals surface area contributed by atoms with Crippen LogP contribution in [0.2, 0.25) is 0 Å². The number of benzene rings is 2. The van der Waals surface area contributed by atoms with Crippen molar-refractivity contribution >= 4 is 13.9 Å². The number of hydrogen-bond donors (Lipinski definition) is 3. The summed E-state index contributed by atoms with van der Waals surface area (Å²) in [4.78, 5) is 8.69. The molecule has 6 nitrogen and oxygen atoms in total. The van der Waals surface area contributed by atoms with Crippen molar-refractivity contribution in [3.05, 3.63) is 77.6 Å². The molecule has 0 aliphatic rings. The van der Waals surface area contributed by atoms with E-state index in [9.17, 15) is 4.57 Å². The third-order valence-electron chi connectivity index (χ3n) is 5.55. The number of furan rings is 1. The van der Waals surface area contributed by atoms with Crippen LogP contribution in [-0.2, 0) is 28.5 Å². The standard InChI is InChI=1S/C27H37N2O4P/c1-21(2)18-23-10-8-22(9-11-23)6-3-15-29-26-13-12-24(19-25(26)27-7-4-16-32-27)20-28-14-5-17-33-34(30)31/h4,7-13,16,19,21,28-29,34H,3,5-6,14-15,17-18,20H2,1-2H3,(H,30,31). The predicted octanol–water partition coefficient (Wildman–Crippen LogP) is 6.07. The summed E-state index contributed by atoms with van der Waals surface area (Å²) in [6.45, 7) is 7.08. The number of nitrogens with one attached hydrogen (secondary N) is 2. The normalized spacial score (nSPS) is 12.2. The Labute approximate surface area is 203 Å². The third-order valence-corrected chi connectivity index (χ3v) is 6.00. The maximum absolute atomic E-state index is 10.6. The fraction of sp³-hybridized carbons (Fsp3) is 0.407. The monoisotopic (exact) mass is 484 g/mol. The van der Waals surface area contributed by atoms with Crippen LogP contribution in [0.1, 0.15) is 43.4 Å². The second kappa shape index (κ2) is 14.1. The van der Waals surface area contributed by atoms with Gasteiger partial charge < -0.3 is 24.5 Å². The van der Waals surface area contributed by atoms with Gasteiger partial charge in [-0.05, 0) is 79.1 Å². The summed E-state index contributed by atoms with van der Waals surface area (Å²) in [6.07, 6.45) is 5.60. The van der Waals surface area contributed by atoms with Crippen molar-refractivity contribution in [3.8, 4) is 11.3 Å². The van der Waals surface area contributed by atoms with E-state index < -0.39 is 8.25 Å². The molecule has 0 aliphatic carbocycles. The minimum atomic E-state index is -2.83. The Hall–Kier alpha value is -2.37. The molecule has 3 aromatic rings. The van der Waals surface area contributed by atoms with E-state index in [1.807, 2.05) is 12.1 Å². The Kier molecular flexibility index (Phi) is 10.9. The van der Waals surface area contributed by atoms with Crippen molar-refractivity contribution in [2.24, 2.45) is 5.92 Å². The highest BCUT2D eigenvalue weighted by atomic mass is 31.1. The maximum Gasteiger partial charge on any atom is 0.316 e. The maximum atomic E-state index is 10.6. The van der Waals surface area contributed by atoms with Gasteiger partial charge in [-0.25, -0.2) is 0 Å². The Morgan fingerprint density at radius 3 is 2.47 bits per heavy atom. The predicted molar refractivity (Wildman–Crippen MR) is 139 cm³/mol.